The Bertz CT molecular complexity index is 1410. The molecule has 1 saturated heterocycles. The maximum absolute atomic E-state index is 13.3. The largest absolute Gasteiger partial charge is 0.345 e. The maximum atomic E-state index is 13.3. The van der Waals surface area contributed by atoms with Gasteiger partial charge in [-0.1, -0.05) is 60.7 Å². The fraction of sp³-hybridized carbons (Fsp3) is 0.259. The lowest BCUT2D eigenvalue weighted by Gasteiger charge is -2.27. The summed E-state index contributed by atoms with van der Waals surface area (Å²) in [6, 6.07) is 24.6. The van der Waals surface area contributed by atoms with Crippen LogP contribution in [0.25, 0.3) is 16.9 Å². The monoisotopic (exact) mass is 451 g/mol. The van der Waals surface area contributed by atoms with Gasteiger partial charge in [-0.3, -0.25) is 9.59 Å². The third-order valence-corrected chi connectivity index (χ3v) is 6.86. The molecule has 2 aromatic heterocycles. The van der Waals surface area contributed by atoms with E-state index >= 15 is 0 Å². The normalized spacial score (nSPS) is 18.7. The molecule has 34 heavy (non-hydrogen) atoms. The van der Waals surface area contributed by atoms with Gasteiger partial charge in [-0.05, 0) is 43.4 Å². The van der Waals surface area contributed by atoms with Crippen molar-refractivity contribution in [2.75, 3.05) is 11.4 Å². The Kier molecular flexibility index (Phi) is 4.90. The zero-order valence-corrected chi connectivity index (χ0v) is 18.7. The number of amides is 1. The number of rotatable bonds is 5. The lowest BCUT2D eigenvalue weighted by molar-refractivity contribution is -0.123. The standard InChI is InChI=1S/C27H25N5O2/c33-25-18-21(19-8-3-1-4-9-19)28-23-13-14-24(30-32(23)25)31-17-7-12-22(31)26(34)29-27(15-16-27)20-10-5-2-6-11-20/h1-6,8-11,13-14,18,22H,7,12,15-17H2,(H,29,34). The van der Waals surface area contributed by atoms with E-state index in [0.29, 0.717) is 17.2 Å². The van der Waals surface area contributed by atoms with Crippen molar-refractivity contribution in [2.24, 2.45) is 0 Å². The number of carbonyl (C=O) groups excluding carboxylic acids is 1. The summed E-state index contributed by atoms with van der Waals surface area (Å²) in [6.07, 6.45) is 3.57. The highest BCUT2D eigenvalue weighted by Crippen LogP contribution is 2.45. The Morgan fingerprint density at radius 2 is 1.71 bits per heavy atom. The molecule has 170 valence electrons. The number of nitrogens with zero attached hydrogens (tertiary/aromatic N) is 4. The number of hydrogen-bond acceptors (Lipinski definition) is 5. The molecule has 2 aromatic carbocycles. The van der Waals surface area contributed by atoms with Gasteiger partial charge in [0, 0.05) is 18.2 Å². The lowest BCUT2D eigenvalue weighted by atomic mass is 10.0. The summed E-state index contributed by atoms with van der Waals surface area (Å²) in [5.74, 6) is 0.636. The van der Waals surface area contributed by atoms with Crippen molar-refractivity contribution in [3.63, 3.8) is 0 Å². The molecule has 1 aliphatic heterocycles. The van der Waals surface area contributed by atoms with Crippen molar-refractivity contribution in [3.8, 4) is 11.3 Å². The second-order valence-electron chi connectivity index (χ2n) is 9.10. The Morgan fingerprint density at radius 1 is 0.971 bits per heavy atom. The molecule has 0 bridgehead atoms. The van der Waals surface area contributed by atoms with Gasteiger partial charge in [0.25, 0.3) is 5.56 Å². The van der Waals surface area contributed by atoms with Crippen LogP contribution in [0.5, 0.6) is 0 Å². The number of hydrogen-bond donors (Lipinski definition) is 1. The molecule has 0 spiro atoms. The Labute approximate surface area is 197 Å². The summed E-state index contributed by atoms with van der Waals surface area (Å²) in [5.41, 5.74) is 2.65. The molecule has 1 aliphatic carbocycles. The Balaban J connectivity index is 1.27. The minimum absolute atomic E-state index is 0.0191. The zero-order chi connectivity index (χ0) is 23.1. The maximum Gasteiger partial charge on any atom is 0.275 e. The third kappa shape index (κ3) is 3.63. The SMILES string of the molecule is O=C(NC1(c2ccccc2)CC1)C1CCCN1c1ccc2nc(-c3ccccc3)cc(=O)n2n1. The minimum atomic E-state index is -0.307. The van der Waals surface area contributed by atoms with Crippen molar-refractivity contribution in [1.29, 1.82) is 0 Å². The van der Waals surface area contributed by atoms with E-state index in [4.69, 9.17) is 0 Å². The fourth-order valence-electron chi connectivity index (χ4n) is 4.90. The van der Waals surface area contributed by atoms with E-state index in [1.807, 2.05) is 59.5 Å². The molecule has 6 rings (SSSR count). The predicted molar refractivity (Wildman–Crippen MR) is 131 cm³/mol. The van der Waals surface area contributed by atoms with Gasteiger partial charge in [-0.15, -0.1) is 5.10 Å². The van der Waals surface area contributed by atoms with E-state index in [9.17, 15) is 9.59 Å². The molecule has 1 unspecified atom stereocenters. The van der Waals surface area contributed by atoms with Crippen molar-refractivity contribution in [2.45, 2.75) is 37.3 Å². The fourth-order valence-corrected chi connectivity index (χ4v) is 4.90. The molecule has 4 aromatic rings. The van der Waals surface area contributed by atoms with Crippen molar-refractivity contribution in [3.05, 3.63) is 94.8 Å². The van der Waals surface area contributed by atoms with Gasteiger partial charge in [0.15, 0.2) is 5.65 Å². The van der Waals surface area contributed by atoms with Crippen LogP contribution in [0.1, 0.15) is 31.2 Å². The molecule has 7 heteroatoms. The van der Waals surface area contributed by atoms with Crippen LogP contribution >= 0.6 is 0 Å². The molecular formula is C27H25N5O2. The summed E-state index contributed by atoms with van der Waals surface area (Å²) in [7, 11) is 0. The van der Waals surface area contributed by atoms with Crippen LogP contribution in [0, 0.1) is 0 Å². The van der Waals surface area contributed by atoms with Crippen molar-refractivity contribution >= 4 is 17.4 Å². The number of benzene rings is 2. The molecule has 1 atom stereocenters. The predicted octanol–water partition coefficient (Wildman–Crippen LogP) is 3.53. The van der Waals surface area contributed by atoms with Gasteiger partial charge in [0.2, 0.25) is 5.91 Å². The molecule has 0 radical (unpaired) electrons. The molecule has 2 fully saturated rings. The summed E-state index contributed by atoms with van der Waals surface area (Å²) >= 11 is 0. The first-order valence-electron chi connectivity index (χ1n) is 11.7. The van der Waals surface area contributed by atoms with Gasteiger partial charge in [0.05, 0.1) is 11.2 Å². The highest BCUT2D eigenvalue weighted by Gasteiger charge is 2.47. The van der Waals surface area contributed by atoms with Crippen LogP contribution in [0.2, 0.25) is 0 Å². The van der Waals surface area contributed by atoms with Crippen LogP contribution < -0.4 is 15.8 Å². The first-order chi connectivity index (χ1) is 16.6. The van der Waals surface area contributed by atoms with Gasteiger partial charge >= 0.3 is 0 Å². The van der Waals surface area contributed by atoms with Gasteiger partial charge in [-0.25, -0.2) is 4.98 Å². The van der Waals surface area contributed by atoms with E-state index in [2.05, 4.69) is 27.5 Å². The van der Waals surface area contributed by atoms with Gasteiger partial charge in [-0.2, -0.15) is 4.52 Å². The number of nitrogens with one attached hydrogen (secondary N) is 1. The highest BCUT2D eigenvalue weighted by atomic mass is 16.2. The molecule has 7 nitrogen and oxygen atoms in total. The average Bonchev–Trinajstić information content (AvgIpc) is 3.49. The summed E-state index contributed by atoms with van der Waals surface area (Å²) in [4.78, 5) is 32.8. The molecule has 2 aliphatic rings. The second kappa shape index (κ2) is 8.09. The van der Waals surface area contributed by atoms with Gasteiger partial charge < -0.3 is 10.2 Å². The van der Waals surface area contributed by atoms with E-state index < -0.39 is 0 Å². The van der Waals surface area contributed by atoms with E-state index in [1.165, 1.54) is 10.6 Å². The zero-order valence-electron chi connectivity index (χ0n) is 18.7. The first-order valence-corrected chi connectivity index (χ1v) is 11.7. The number of carbonyl (C=O) groups is 1. The molecule has 1 amide bonds. The number of anilines is 1. The van der Waals surface area contributed by atoms with Crippen LogP contribution in [0.3, 0.4) is 0 Å². The first kappa shape index (κ1) is 20.6. The lowest BCUT2D eigenvalue weighted by Crippen LogP contribution is -2.47. The summed E-state index contributed by atoms with van der Waals surface area (Å²) < 4.78 is 1.32. The number of fused-ring (bicyclic) bond motifs is 1. The number of aromatic nitrogens is 3. The van der Waals surface area contributed by atoms with Crippen molar-refractivity contribution in [1.82, 2.24) is 19.9 Å². The average molecular weight is 452 g/mol. The second-order valence-corrected chi connectivity index (χ2v) is 9.10. The molecular weight excluding hydrogens is 426 g/mol. The highest BCUT2D eigenvalue weighted by molar-refractivity contribution is 5.86. The van der Waals surface area contributed by atoms with Crippen LogP contribution in [-0.2, 0) is 10.3 Å². The topological polar surface area (TPSA) is 79.6 Å². The van der Waals surface area contributed by atoms with Crippen LogP contribution in [0.4, 0.5) is 5.82 Å². The molecule has 3 heterocycles. The minimum Gasteiger partial charge on any atom is -0.345 e. The summed E-state index contributed by atoms with van der Waals surface area (Å²) in [5, 5.41) is 7.89. The van der Waals surface area contributed by atoms with E-state index in [-0.39, 0.29) is 23.0 Å². The van der Waals surface area contributed by atoms with E-state index in [1.54, 1.807) is 6.07 Å². The third-order valence-electron chi connectivity index (χ3n) is 6.86. The van der Waals surface area contributed by atoms with Gasteiger partial charge in [0.1, 0.15) is 11.9 Å². The van der Waals surface area contributed by atoms with Crippen LogP contribution in [-0.4, -0.2) is 33.1 Å². The van der Waals surface area contributed by atoms with Crippen LogP contribution in [0.15, 0.2) is 83.7 Å². The Hall–Kier alpha value is -4.00. The quantitative estimate of drug-likeness (QED) is 0.502. The summed E-state index contributed by atoms with van der Waals surface area (Å²) in [6.45, 7) is 0.721. The molecule has 1 N–H and O–H groups in total. The van der Waals surface area contributed by atoms with E-state index in [0.717, 1.165) is 43.4 Å². The molecule has 1 saturated carbocycles. The smallest absolute Gasteiger partial charge is 0.275 e. The Morgan fingerprint density at radius 3 is 2.44 bits per heavy atom. The van der Waals surface area contributed by atoms with Crippen molar-refractivity contribution < 1.29 is 4.79 Å².